The number of rotatable bonds is 60. The highest BCUT2D eigenvalue weighted by molar-refractivity contribution is 7.45. The maximum atomic E-state index is 13.5. The third-order valence-corrected chi connectivity index (χ3v) is 15.5. The number of nitrogens with zero attached hydrogens (tertiary/aromatic N) is 1. The Balaban J connectivity index is 5.08. The van der Waals surface area contributed by atoms with Crippen LogP contribution in [0, 0.1) is 0 Å². The van der Waals surface area contributed by atoms with Crippen LogP contribution in [0.4, 0.5) is 0 Å². The fourth-order valence-electron chi connectivity index (χ4n) is 9.43. The number of hydrogen-bond donors (Lipinski definition) is 1. The quantitative estimate of drug-likeness (QED) is 0.0212. The van der Waals surface area contributed by atoms with Gasteiger partial charge in [-0.3, -0.25) is 14.2 Å². The summed E-state index contributed by atoms with van der Waals surface area (Å²) in [6.07, 6.45) is 78.5. The number of nitrogens with one attached hydrogen (secondary N) is 1. The smallest absolute Gasteiger partial charge is 0.306 e. The van der Waals surface area contributed by atoms with E-state index in [4.69, 9.17) is 13.8 Å². The lowest BCUT2D eigenvalue weighted by Crippen LogP contribution is -2.47. The lowest BCUT2D eigenvalue weighted by molar-refractivity contribution is -0.870. The van der Waals surface area contributed by atoms with Gasteiger partial charge in [-0.1, -0.05) is 267 Å². The molecule has 0 aliphatic carbocycles. The molecule has 80 heavy (non-hydrogen) atoms. The van der Waals surface area contributed by atoms with Crippen molar-refractivity contribution in [3.8, 4) is 0 Å². The van der Waals surface area contributed by atoms with Crippen molar-refractivity contribution < 1.29 is 37.3 Å². The van der Waals surface area contributed by atoms with Gasteiger partial charge in [0.05, 0.1) is 33.8 Å². The van der Waals surface area contributed by atoms with E-state index in [1.165, 1.54) is 161 Å². The number of ether oxygens (including phenoxy) is 1. The van der Waals surface area contributed by atoms with Crippen LogP contribution in [0.1, 0.15) is 297 Å². The zero-order chi connectivity index (χ0) is 58.6. The van der Waals surface area contributed by atoms with E-state index in [0.717, 1.165) is 96.3 Å². The number of amides is 1. The number of likely N-dealkylation sites (N-methyl/N-ethyl adjacent to an activating group) is 1. The summed E-state index contributed by atoms with van der Waals surface area (Å²) >= 11 is 0. The van der Waals surface area contributed by atoms with Gasteiger partial charge in [-0.25, -0.2) is 0 Å². The summed E-state index contributed by atoms with van der Waals surface area (Å²) in [5.74, 6) is -0.564. The summed E-state index contributed by atoms with van der Waals surface area (Å²) in [5.41, 5.74) is 0. The van der Waals surface area contributed by atoms with E-state index in [9.17, 15) is 19.0 Å². The average molecular weight is 1140 g/mol. The van der Waals surface area contributed by atoms with E-state index in [1.807, 2.05) is 33.3 Å². The Hall–Kier alpha value is -2.81. The highest BCUT2D eigenvalue weighted by atomic mass is 31.2. The van der Waals surface area contributed by atoms with Crippen LogP contribution >= 0.6 is 7.82 Å². The van der Waals surface area contributed by atoms with Gasteiger partial charge in [-0.15, -0.1) is 0 Å². The van der Waals surface area contributed by atoms with Crippen molar-refractivity contribution in [1.82, 2.24) is 5.32 Å². The minimum absolute atomic E-state index is 0.0293. The van der Waals surface area contributed by atoms with Crippen molar-refractivity contribution in [2.24, 2.45) is 0 Å². The maximum Gasteiger partial charge on any atom is 0.306 e. The molecule has 0 aromatic heterocycles. The SMILES string of the molecule is CC/C=C/C/C=C/C/C=C/CCCCCCC(=O)NC(COP(=O)([O-])OCC[N+](C)(C)C)C(/C=C\CCCCCCCCCCCCC)OC(=O)CCCCCCCCCCCCCCCC/C=C\C/C=C\C/C=C\CCCCC. The summed E-state index contributed by atoms with van der Waals surface area (Å²) in [6.45, 7) is 6.70. The molecular weight excluding hydrogens is 1010 g/mol. The second-order valence-corrected chi connectivity index (χ2v) is 25.0. The molecule has 9 nitrogen and oxygen atoms in total. The highest BCUT2D eigenvalue weighted by Crippen LogP contribution is 2.38. The van der Waals surface area contributed by atoms with E-state index in [1.54, 1.807) is 0 Å². The van der Waals surface area contributed by atoms with Gasteiger partial charge >= 0.3 is 5.97 Å². The summed E-state index contributed by atoms with van der Waals surface area (Å²) in [5, 5.41) is 3.02. The first-order chi connectivity index (χ1) is 38.9. The molecule has 0 saturated carbocycles. The van der Waals surface area contributed by atoms with Crippen LogP contribution in [-0.2, 0) is 27.9 Å². The van der Waals surface area contributed by atoms with Crippen LogP contribution in [-0.4, -0.2) is 69.4 Å². The molecule has 0 aromatic carbocycles. The van der Waals surface area contributed by atoms with Crippen molar-refractivity contribution in [1.29, 1.82) is 0 Å². The molecule has 0 rings (SSSR count). The van der Waals surface area contributed by atoms with Crippen molar-refractivity contribution in [2.45, 2.75) is 309 Å². The number of phosphoric ester groups is 1. The number of esters is 1. The molecule has 0 heterocycles. The highest BCUT2D eigenvalue weighted by Gasteiger charge is 2.27. The van der Waals surface area contributed by atoms with E-state index in [-0.39, 0.29) is 31.3 Å². The Kier molecular flexibility index (Phi) is 57.3. The molecule has 0 spiro atoms. The Morgan fingerprint density at radius 3 is 1.23 bits per heavy atom. The maximum absolute atomic E-state index is 13.5. The monoisotopic (exact) mass is 1140 g/mol. The molecule has 3 atom stereocenters. The van der Waals surface area contributed by atoms with Crippen LogP contribution < -0.4 is 10.2 Å². The van der Waals surface area contributed by atoms with Gasteiger partial charge in [-0.2, -0.15) is 0 Å². The third-order valence-electron chi connectivity index (χ3n) is 14.6. The molecule has 464 valence electrons. The molecule has 0 aliphatic heterocycles. The zero-order valence-corrected chi connectivity index (χ0v) is 53.9. The Bertz CT molecular complexity index is 1640. The summed E-state index contributed by atoms with van der Waals surface area (Å²) < 4.78 is 30.4. The van der Waals surface area contributed by atoms with E-state index >= 15 is 0 Å². The molecule has 0 bridgehead atoms. The molecule has 0 aromatic rings. The van der Waals surface area contributed by atoms with Gasteiger partial charge in [0.25, 0.3) is 7.82 Å². The van der Waals surface area contributed by atoms with Crippen LogP contribution in [0.25, 0.3) is 0 Å². The molecule has 0 saturated heterocycles. The van der Waals surface area contributed by atoms with Gasteiger partial charge in [0.1, 0.15) is 19.3 Å². The first kappa shape index (κ1) is 77.2. The van der Waals surface area contributed by atoms with Gasteiger partial charge in [0, 0.05) is 12.8 Å². The number of hydrogen-bond acceptors (Lipinski definition) is 7. The fourth-order valence-corrected chi connectivity index (χ4v) is 10.1. The van der Waals surface area contributed by atoms with E-state index in [2.05, 4.69) is 99.0 Å². The number of unbranched alkanes of at least 4 members (excludes halogenated alkanes) is 32. The first-order valence-electron chi connectivity index (χ1n) is 33.4. The lowest BCUT2D eigenvalue weighted by Gasteiger charge is -2.30. The van der Waals surface area contributed by atoms with Gasteiger partial charge in [-0.05, 0) is 102 Å². The molecule has 3 unspecified atom stereocenters. The summed E-state index contributed by atoms with van der Waals surface area (Å²) in [4.78, 5) is 40.0. The molecule has 1 N–H and O–H groups in total. The standard InChI is InChI=1S/C70H127N2O7P/c1-7-10-13-16-19-22-25-28-30-31-32-33-34-35-36-37-38-39-40-41-42-45-48-51-54-57-60-63-70(74)79-68(61-58-55-52-49-46-43-27-24-21-18-15-12-9-3)67(66-78-80(75,76)77-65-64-72(4,5)6)71-69(73)62-59-56-53-50-47-44-29-26-23-20-17-14-11-8-2/h11,14,19-20,22-23,28-30,32-33,44,58,61,67-68H,7-10,12-13,15-18,21,24-27,31,34-43,45-57,59-60,62-66H2,1-6H3,(H-,71,73,75,76)/b14-11+,22-19-,23-20+,30-28-,33-32-,44-29+,61-58-. The number of carbonyl (C=O) groups is 2. The normalized spacial score (nSPS) is 14.1. The van der Waals surface area contributed by atoms with Crippen LogP contribution in [0.15, 0.2) is 85.1 Å². The van der Waals surface area contributed by atoms with Crippen molar-refractivity contribution in [3.63, 3.8) is 0 Å². The molecular formula is C70H127N2O7P. The molecule has 0 radical (unpaired) electrons. The Labute approximate surface area is 495 Å². The second kappa shape index (κ2) is 59.4. The number of quaternary nitrogens is 1. The van der Waals surface area contributed by atoms with Crippen LogP contribution in [0.3, 0.4) is 0 Å². The Morgan fingerprint density at radius 1 is 0.450 bits per heavy atom. The van der Waals surface area contributed by atoms with Gasteiger partial charge in [0.2, 0.25) is 5.91 Å². The molecule has 10 heteroatoms. The van der Waals surface area contributed by atoms with Gasteiger partial charge < -0.3 is 28.5 Å². The summed E-state index contributed by atoms with van der Waals surface area (Å²) in [6, 6.07) is -0.903. The van der Waals surface area contributed by atoms with Crippen molar-refractivity contribution >= 4 is 19.7 Å². The number of carbonyl (C=O) groups excluding carboxylic acids is 2. The third kappa shape index (κ3) is 59.8. The average Bonchev–Trinajstić information content (AvgIpc) is 3.42. The van der Waals surface area contributed by atoms with E-state index < -0.39 is 26.6 Å². The van der Waals surface area contributed by atoms with E-state index in [0.29, 0.717) is 17.4 Å². The number of phosphoric acid groups is 1. The first-order valence-corrected chi connectivity index (χ1v) is 34.9. The van der Waals surface area contributed by atoms with Crippen molar-refractivity contribution in [2.75, 3.05) is 40.9 Å². The lowest BCUT2D eigenvalue weighted by atomic mass is 10.0. The zero-order valence-electron chi connectivity index (χ0n) is 53.0. The van der Waals surface area contributed by atoms with Gasteiger partial charge in [0.15, 0.2) is 0 Å². The van der Waals surface area contributed by atoms with Crippen LogP contribution in [0.5, 0.6) is 0 Å². The largest absolute Gasteiger partial charge is 0.756 e. The second-order valence-electron chi connectivity index (χ2n) is 23.6. The minimum Gasteiger partial charge on any atom is -0.756 e. The predicted octanol–water partition coefficient (Wildman–Crippen LogP) is 20.3. The van der Waals surface area contributed by atoms with Crippen molar-refractivity contribution in [3.05, 3.63) is 85.1 Å². The summed E-state index contributed by atoms with van der Waals surface area (Å²) in [7, 11) is 1.17. The molecule has 1 amide bonds. The predicted molar refractivity (Wildman–Crippen MR) is 344 cm³/mol. The van der Waals surface area contributed by atoms with Crippen LogP contribution in [0.2, 0.25) is 0 Å². The topological polar surface area (TPSA) is 114 Å². The molecule has 0 fully saturated rings. The fraction of sp³-hybridized carbons (Fsp3) is 0.771. The number of allylic oxidation sites excluding steroid dienone is 13. The molecule has 0 aliphatic rings. The minimum atomic E-state index is -4.71. The Morgan fingerprint density at radius 2 is 0.800 bits per heavy atom.